The minimum absolute atomic E-state index is 0.202. The number of hydrogen-bond donors (Lipinski definition) is 2. The molecule has 0 radical (unpaired) electrons. The number of fused-ring (bicyclic) bond motifs is 1. The van der Waals surface area contributed by atoms with E-state index in [9.17, 15) is 5.11 Å². The van der Waals surface area contributed by atoms with E-state index in [1.54, 1.807) is 6.20 Å². The Morgan fingerprint density at radius 1 is 1.36 bits per heavy atom. The fraction of sp³-hybridized carbons (Fsp3) is 0.600. The first-order valence-corrected chi connectivity index (χ1v) is 5.04. The molecule has 3 N–H and O–H groups in total. The SMILES string of the molecule is NCC(O)c1cnc2c(n1)CCCC2. The van der Waals surface area contributed by atoms with Crippen LogP contribution in [0.3, 0.4) is 0 Å². The smallest absolute Gasteiger partial charge is 0.110 e. The first-order chi connectivity index (χ1) is 6.81. The molecule has 76 valence electrons. The fourth-order valence-corrected chi connectivity index (χ4v) is 1.74. The van der Waals surface area contributed by atoms with Gasteiger partial charge in [0.05, 0.1) is 23.3 Å². The topological polar surface area (TPSA) is 72.0 Å². The van der Waals surface area contributed by atoms with Crippen molar-refractivity contribution >= 4 is 0 Å². The van der Waals surface area contributed by atoms with E-state index in [2.05, 4.69) is 9.97 Å². The van der Waals surface area contributed by atoms with Crippen LogP contribution in [0.15, 0.2) is 6.20 Å². The zero-order chi connectivity index (χ0) is 9.97. The van der Waals surface area contributed by atoms with Crippen molar-refractivity contribution in [1.82, 2.24) is 9.97 Å². The van der Waals surface area contributed by atoms with Crippen LogP contribution in [-0.2, 0) is 12.8 Å². The molecule has 14 heavy (non-hydrogen) atoms. The van der Waals surface area contributed by atoms with Crippen LogP contribution in [0, 0.1) is 0 Å². The summed E-state index contributed by atoms with van der Waals surface area (Å²) < 4.78 is 0. The predicted molar refractivity (Wildman–Crippen MR) is 52.7 cm³/mol. The van der Waals surface area contributed by atoms with Gasteiger partial charge in [0.2, 0.25) is 0 Å². The van der Waals surface area contributed by atoms with Crippen LogP contribution >= 0.6 is 0 Å². The number of nitrogens with two attached hydrogens (primary N) is 1. The minimum Gasteiger partial charge on any atom is -0.385 e. The third kappa shape index (κ3) is 1.76. The van der Waals surface area contributed by atoms with Crippen LogP contribution in [0.4, 0.5) is 0 Å². The lowest BCUT2D eigenvalue weighted by Crippen LogP contribution is -2.16. The monoisotopic (exact) mass is 193 g/mol. The van der Waals surface area contributed by atoms with Gasteiger partial charge in [-0.15, -0.1) is 0 Å². The molecule has 2 rings (SSSR count). The maximum absolute atomic E-state index is 9.50. The molecule has 1 aliphatic rings. The van der Waals surface area contributed by atoms with Crippen molar-refractivity contribution < 1.29 is 5.11 Å². The Bertz CT molecular complexity index is 327. The van der Waals surface area contributed by atoms with Crippen molar-refractivity contribution in [1.29, 1.82) is 0 Å². The molecule has 0 fully saturated rings. The first-order valence-electron chi connectivity index (χ1n) is 5.04. The Morgan fingerprint density at radius 2 is 2.07 bits per heavy atom. The molecule has 0 aromatic carbocycles. The fourth-order valence-electron chi connectivity index (χ4n) is 1.74. The summed E-state index contributed by atoms with van der Waals surface area (Å²) >= 11 is 0. The number of rotatable bonds is 2. The molecule has 4 heteroatoms. The highest BCUT2D eigenvalue weighted by molar-refractivity contribution is 5.17. The first kappa shape index (κ1) is 9.55. The lowest BCUT2D eigenvalue weighted by Gasteiger charge is -2.15. The Kier molecular flexibility index (Phi) is 2.74. The third-order valence-corrected chi connectivity index (χ3v) is 2.59. The van der Waals surface area contributed by atoms with E-state index < -0.39 is 6.10 Å². The maximum atomic E-state index is 9.50. The van der Waals surface area contributed by atoms with E-state index in [1.807, 2.05) is 0 Å². The largest absolute Gasteiger partial charge is 0.385 e. The second-order valence-corrected chi connectivity index (χ2v) is 3.65. The summed E-state index contributed by atoms with van der Waals surface area (Å²) in [5.41, 5.74) is 8.10. The van der Waals surface area contributed by atoms with E-state index >= 15 is 0 Å². The van der Waals surface area contributed by atoms with Gasteiger partial charge in [0.15, 0.2) is 0 Å². The molecule has 1 aromatic heterocycles. The average Bonchev–Trinajstić information content (AvgIpc) is 2.27. The highest BCUT2D eigenvalue weighted by Crippen LogP contribution is 2.19. The molecular formula is C10H15N3O. The minimum atomic E-state index is -0.672. The summed E-state index contributed by atoms with van der Waals surface area (Å²) in [6, 6.07) is 0. The molecule has 0 saturated heterocycles. The second-order valence-electron chi connectivity index (χ2n) is 3.65. The van der Waals surface area contributed by atoms with Gasteiger partial charge in [-0.3, -0.25) is 9.97 Å². The third-order valence-electron chi connectivity index (χ3n) is 2.59. The molecule has 0 amide bonds. The summed E-state index contributed by atoms with van der Waals surface area (Å²) in [5, 5.41) is 9.50. The molecule has 4 nitrogen and oxygen atoms in total. The summed E-state index contributed by atoms with van der Waals surface area (Å²) in [5.74, 6) is 0. The molecule has 0 spiro atoms. The number of aryl methyl sites for hydroxylation is 2. The lowest BCUT2D eigenvalue weighted by atomic mass is 10.0. The Balaban J connectivity index is 2.29. The van der Waals surface area contributed by atoms with Gasteiger partial charge in [0, 0.05) is 6.54 Å². The van der Waals surface area contributed by atoms with E-state index in [-0.39, 0.29) is 6.54 Å². The maximum Gasteiger partial charge on any atom is 0.110 e. The lowest BCUT2D eigenvalue weighted by molar-refractivity contribution is 0.181. The molecule has 1 aliphatic carbocycles. The predicted octanol–water partition coefficient (Wildman–Crippen LogP) is 0.347. The van der Waals surface area contributed by atoms with Crippen LogP contribution < -0.4 is 5.73 Å². The van der Waals surface area contributed by atoms with Crippen molar-refractivity contribution in [2.45, 2.75) is 31.8 Å². The van der Waals surface area contributed by atoms with Crippen molar-refractivity contribution in [2.24, 2.45) is 5.73 Å². The molecule has 1 aromatic rings. The highest BCUT2D eigenvalue weighted by atomic mass is 16.3. The Labute approximate surface area is 83.2 Å². The number of hydrogen-bond acceptors (Lipinski definition) is 4. The van der Waals surface area contributed by atoms with Crippen molar-refractivity contribution in [3.05, 3.63) is 23.3 Å². The zero-order valence-electron chi connectivity index (χ0n) is 8.11. The zero-order valence-corrected chi connectivity index (χ0v) is 8.11. The van der Waals surface area contributed by atoms with E-state index in [4.69, 9.17) is 5.73 Å². The normalized spacial score (nSPS) is 17.6. The Hall–Kier alpha value is -1.00. The number of nitrogens with zero attached hydrogens (tertiary/aromatic N) is 2. The van der Waals surface area contributed by atoms with Crippen LogP contribution in [0.25, 0.3) is 0 Å². The molecule has 1 atom stereocenters. The molecule has 0 bridgehead atoms. The standard InChI is InChI=1S/C10H15N3O/c11-5-10(14)9-6-12-7-3-1-2-4-8(7)13-9/h6,10,14H,1-5,11H2. The number of aliphatic hydroxyl groups excluding tert-OH is 1. The van der Waals surface area contributed by atoms with E-state index in [1.165, 1.54) is 12.8 Å². The molecular weight excluding hydrogens is 178 g/mol. The van der Waals surface area contributed by atoms with Crippen molar-refractivity contribution in [3.63, 3.8) is 0 Å². The summed E-state index contributed by atoms with van der Waals surface area (Å²) in [4.78, 5) is 8.70. The van der Waals surface area contributed by atoms with Gasteiger partial charge >= 0.3 is 0 Å². The van der Waals surface area contributed by atoms with Crippen molar-refractivity contribution in [3.8, 4) is 0 Å². The van der Waals surface area contributed by atoms with Crippen LogP contribution in [0.5, 0.6) is 0 Å². The van der Waals surface area contributed by atoms with Crippen molar-refractivity contribution in [2.75, 3.05) is 6.54 Å². The summed E-state index contributed by atoms with van der Waals surface area (Å²) in [6.45, 7) is 0.202. The van der Waals surface area contributed by atoms with Crippen LogP contribution in [0.1, 0.15) is 36.0 Å². The quantitative estimate of drug-likeness (QED) is 0.710. The Morgan fingerprint density at radius 3 is 2.79 bits per heavy atom. The molecule has 0 aliphatic heterocycles. The van der Waals surface area contributed by atoms with Gasteiger partial charge in [-0.2, -0.15) is 0 Å². The van der Waals surface area contributed by atoms with E-state index in [0.717, 1.165) is 24.2 Å². The summed E-state index contributed by atoms with van der Waals surface area (Å²) in [6.07, 6.45) is 5.33. The van der Waals surface area contributed by atoms with Gasteiger partial charge in [0.1, 0.15) is 6.10 Å². The highest BCUT2D eigenvalue weighted by Gasteiger charge is 2.15. The van der Waals surface area contributed by atoms with Gasteiger partial charge in [-0.05, 0) is 25.7 Å². The summed E-state index contributed by atoms with van der Waals surface area (Å²) in [7, 11) is 0. The molecule has 0 saturated carbocycles. The van der Waals surface area contributed by atoms with Gasteiger partial charge in [-0.25, -0.2) is 0 Å². The molecule has 1 unspecified atom stereocenters. The van der Waals surface area contributed by atoms with Gasteiger partial charge in [0.25, 0.3) is 0 Å². The van der Waals surface area contributed by atoms with E-state index in [0.29, 0.717) is 5.69 Å². The van der Waals surface area contributed by atoms with Crippen LogP contribution in [-0.4, -0.2) is 21.6 Å². The number of aromatic nitrogens is 2. The second kappa shape index (κ2) is 4.02. The van der Waals surface area contributed by atoms with Crippen LogP contribution in [0.2, 0.25) is 0 Å². The molecule has 1 heterocycles. The average molecular weight is 193 g/mol. The van der Waals surface area contributed by atoms with Gasteiger partial charge in [-0.1, -0.05) is 0 Å². The van der Waals surface area contributed by atoms with Gasteiger partial charge < -0.3 is 10.8 Å². The number of aliphatic hydroxyl groups is 1.